The number of aliphatic carboxylic acids is 1. The second-order valence-electron chi connectivity index (χ2n) is 5.60. The average molecular weight is 279 g/mol. The number of nitrogens with zero attached hydrogens (tertiary/aromatic N) is 2. The molecule has 0 aromatic carbocycles. The summed E-state index contributed by atoms with van der Waals surface area (Å²) >= 11 is 0. The molecule has 2 rings (SSSR count). The van der Waals surface area contributed by atoms with Crippen molar-refractivity contribution in [2.45, 2.75) is 32.7 Å². The van der Waals surface area contributed by atoms with Crippen LogP contribution in [0.5, 0.6) is 0 Å². The second-order valence-corrected chi connectivity index (χ2v) is 5.60. The molecular weight excluding hydrogens is 258 g/mol. The van der Waals surface area contributed by atoms with E-state index in [0.717, 1.165) is 12.0 Å². The number of aromatic amines is 1. The average Bonchev–Trinajstić information content (AvgIpc) is 3.06. The summed E-state index contributed by atoms with van der Waals surface area (Å²) in [4.78, 5) is 25.4. The third kappa shape index (κ3) is 3.00. The van der Waals surface area contributed by atoms with Gasteiger partial charge in [-0.2, -0.15) is 5.10 Å². The molecule has 0 radical (unpaired) electrons. The smallest absolute Gasteiger partial charge is 0.307 e. The van der Waals surface area contributed by atoms with Crippen molar-refractivity contribution in [3.8, 4) is 0 Å². The minimum Gasteiger partial charge on any atom is -0.481 e. The van der Waals surface area contributed by atoms with E-state index in [1.165, 1.54) is 0 Å². The molecule has 1 aliphatic rings. The van der Waals surface area contributed by atoms with Crippen molar-refractivity contribution in [1.82, 2.24) is 15.1 Å². The van der Waals surface area contributed by atoms with Crippen LogP contribution in [-0.4, -0.2) is 39.1 Å². The lowest BCUT2D eigenvalue weighted by Crippen LogP contribution is -2.36. The fourth-order valence-electron chi connectivity index (χ4n) is 3.02. The van der Waals surface area contributed by atoms with Gasteiger partial charge in [0, 0.05) is 25.4 Å². The van der Waals surface area contributed by atoms with Crippen LogP contribution in [-0.2, 0) is 16.1 Å². The van der Waals surface area contributed by atoms with Gasteiger partial charge in [-0.1, -0.05) is 13.3 Å². The van der Waals surface area contributed by atoms with Gasteiger partial charge in [0.2, 0.25) is 5.91 Å². The third-order valence-corrected chi connectivity index (χ3v) is 4.22. The van der Waals surface area contributed by atoms with Gasteiger partial charge in [0.25, 0.3) is 0 Å². The standard InChI is InChI=1S/C14H21N3O3/c1-3-9-4-11(12(5-9)14(19)20)13(18)17(2)8-10-6-15-16-7-10/h6-7,9,11-12H,3-5,8H2,1-2H3,(H,15,16)(H,19,20)/t9?,11-,12+/m0/s1. The summed E-state index contributed by atoms with van der Waals surface area (Å²) in [7, 11) is 1.72. The second kappa shape index (κ2) is 6.07. The van der Waals surface area contributed by atoms with Gasteiger partial charge in [0.15, 0.2) is 0 Å². The maximum atomic E-state index is 12.5. The highest BCUT2D eigenvalue weighted by Gasteiger charge is 2.43. The zero-order chi connectivity index (χ0) is 14.7. The zero-order valence-corrected chi connectivity index (χ0v) is 11.9. The molecule has 1 amide bonds. The molecule has 1 saturated carbocycles. The Hall–Kier alpha value is -1.85. The number of carboxylic acids is 1. The van der Waals surface area contributed by atoms with Crippen molar-refractivity contribution in [3.05, 3.63) is 18.0 Å². The highest BCUT2D eigenvalue weighted by molar-refractivity contribution is 5.85. The predicted molar refractivity (Wildman–Crippen MR) is 72.7 cm³/mol. The first-order valence-electron chi connectivity index (χ1n) is 6.98. The van der Waals surface area contributed by atoms with E-state index >= 15 is 0 Å². The van der Waals surface area contributed by atoms with Crippen molar-refractivity contribution in [2.75, 3.05) is 7.05 Å². The summed E-state index contributed by atoms with van der Waals surface area (Å²) in [6, 6.07) is 0. The minimum absolute atomic E-state index is 0.0745. The lowest BCUT2D eigenvalue weighted by atomic mass is 9.95. The van der Waals surface area contributed by atoms with E-state index < -0.39 is 17.8 Å². The van der Waals surface area contributed by atoms with Crippen LogP contribution in [0.4, 0.5) is 0 Å². The normalized spacial score (nSPS) is 25.6. The number of amides is 1. The SMILES string of the molecule is CCC1C[C@H](C(=O)N(C)Cc2cn[nH]c2)[C@H](C(=O)O)C1. The molecule has 1 unspecified atom stereocenters. The highest BCUT2D eigenvalue weighted by atomic mass is 16.4. The van der Waals surface area contributed by atoms with Crippen LogP contribution in [0.25, 0.3) is 0 Å². The molecule has 6 nitrogen and oxygen atoms in total. The maximum Gasteiger partial charge on any atom is 0.307 e. The Bertz CT molecular complexity index is 472. The molecule has 0 spiro atoms. The van der Waals surface area contributed by atoms with Crippen LogP contribution >= 0.6 is 0 Å². The molecule has 0 saturated heterocycles. The van der Waals surface area contributed by atoms with Crippen molar-refractivity contribution in [1.29, 1.82) is 0 Å². The third-order valence-electron chi connectivity index (χ3n) is 4.22. The summed E-state index contributed by atoms with van der Waals surface area (Å²) in [5.74, 6) is -1.52. The molecule has 6 heteroatoms. The van der Waals surface area contributed by atoms with E-state index in [2.05, 4.69) is 10.2 Å². The molecule has 0 bridgehead atoms. The fourth-order valence-corrected chi connectivity index (χ4v) is 3.02. The van der Waals surface area contributed by atoms with Gasteiger partial charge in [-0.25, -0.2) is 0 Å². The molecule has 1 aromatic rings. The number of rotatable bonds is 5. The Morgan fingerprint density at radius 3 is 2.70 bits per heavy atom. The van der Waals surface area contributed by atoms with E-state index in [0.29, 0.717) is 25.3 Å². The molecule has 1 fully saturated rings. The van der Waals surface area contributed by atoms with E-state index in [9.17, 15) is 14.7 Å². The zero-order valence-electron chi connectivity index (χ0n) is 11.9. The molecule has 2 N–H and O–H groups in total. The molecule has 110 valence electrons. The number of carbonyl (C=O) groups is 2. The van der Waals surface area contributed by atoms with E-state index in [4.69, 9.17) is 0 Å². The van der Waals surface area contributed by atoms with Crippen LogP contribution in [0.2, 0.25) is 0 Å². The summed E-state index contributed by atoms with van der Waals surface area (Å²) in [6.07, 6.45) is 5.63. The number of hydrogen-bond acceptors (Lipinski definition) is 3. The Balaban J connectivity index is 2.04. The van der Waals surface area contributed by atoms with Crippen LogP contribution in [0.3, 0.4) is 0 Å². The minimum atomic E-state index is -0.851. The number of hydrogen-bond donors (Lipinski definition) is 2. The molecule has 3 atom stereocenters. The first-order chi connectivity index (χ1) is 9.52. The van der Waals surface area contributed by atoms with Crippen LogP contribution < -0.4 is 0 Å². The quantitative estimate of drug-likeness (QED) is 0.855. The highest BCUT2D eigenvalue weighted by Crippen LogP contribution is 2.39. The van der Waals surface area contributed by atoms with Gasteiger partial charge in [-0.05, 0) is 18.8 Å². The van der Waals surface area contributed by atoms with Gasteiger partial charge in [-0.3, -0.25) is 14.7 Å². The van der Waals surface area contributed by atoms with Crippen LogP contribution in [0, 0.1) is 17.8 Å². The lowest BCUT2D eigenvalue weighted by molar-refractivity contribution is -0.148. The van der Waals surface area contributed by atoms with Crippen molar-refractivity contribution in [3.63, 3.8) is 0 Å². The number of nitrogens with one attached hydrogen (secondary N) is 1. The van der Waals surface area contributed by atoms with Crippen LogP contribution in [0.15, 0.2) is 12.4 Å². The summed E-state index contributed by atoms with van der Waals surface area (Å²) < 4.78 is 0. The number of H-pyrrole nitrogens is 1. The summed E-state index contributed by atoms with van der Waals surface area (Å²) in [5, 5.41) is 15.8. The number of carbonyl (C=O) groups excluding carboxylic acids is 1. The molecular formula is C14H21N3O3. The Labute approximate surface area is 118 Å². The van der Waals surface area contributed by atoms with Gasteiger partial charge in [0.05, 0.1) is 18.0 Å². The van der Waals surface area contributed by atoms with Crippen molar-refractivity contribution < 1.29 is 14.7 Å². The Kier molecular flexibility index (Phi) is 4.42. The van der Waals surface area contributed by atoms with Crippen molar-refractivity contribution >= 4 is 11.9 Å². The largest absolute Gasteiger partial charge is 0.481 e. The predicted octanol–water partition coefficient (Wildman–Crippen LogP) is 1.51. The van der Waals surface area contributed by atoms with Crippen molar-refractivity contribution in [2.24, 2.45) is 17.8 Å². The van der Waals surface area contributed by atoms with E-state index in [1.54, 1.807) is 24.3 Å². The number of aromatic nitrogens is 2. The van der Waals surface area contributed by atoms with Gasteiger partial charge in [0.1, 0.15) is 0 Å². The summed E-state index contributed by atoms with van der Waals surface area (Å²) in [5.41, 5.74) is 0.915. The first kappa shape index (κ1) is 14.6. The maximum absolute atomic E-state index is 12.5. The molecule has 1 aromatic heterocycles. The topological polar surface area (TPSA) is 86.3 Å². The summed E-state index contributed by atoms with van der Waals surface area (Å²) in [6.45, 7) is 2.50. The monoisotopic (exact) mass is 279 g/mol. The Morgan fingerprint density at radius 1 is 1.45 bits per heavy atom. The van der Waals surface area contributed by atoms with E-state index in [1.807, 2.05) is 6.92 Å². The Morgan fingerprint density at radius 2 is 2.15 bits per heavy atom. The first-order valence-corrected chi connectivity index (χ1v) is 6.98. The fraction of sp³-hybridized carbons (Fsp3) is 0.643. The van der Waals surface area contributed by atoms with Gasteiger partial charge >= 0.3 is 5.97 Å². The molecule has 20 heavy (non-hydrogen) atoms. The number of carboxylic acid groups (broad SMARTS) is 1. The van der Waals surface area contributed by atoms with Gasteiger partial charge in [-0.15, -0.1) is 0 Å². The van der Waals surface area contributed by atoms with Gasteiger partial charge < -0.3 is 10.0 Å². The van der Waals surface area contributed by atoms with Crippen LogP contribution in [0.1, 0.15) is 31.7 Å². The lowest BCUT2D eigenvalue weighted by Gasteiger charge is -2.23. The molecule has 1 aliphatic carbocycles. The molecule has 1 heterocycles. The van der Waals surface area contributed by atoms with E-state index in [-0.39, 0.29) is 5.91 Å². The molecule has 0 aliphatic heterocycles.